The topological polar surface area (TPSA) is 133 Å². The van der Waals surface area contributed by atoms with Crippen LogP contribution in [0.25, 0.3) is 22.0 Å². The first kappa shape index (κ1) is 31.7. The van der Waals surface area contributed by atoms with E-state index in [0.717, 1.165) is 52.3 Å². The van der Waals surface area contributed by atoms with E-state index in [1.165, 1.54) is 17.0 Å². The number of hydrogen-bond acceptors (Lipinski definition) is 11. The molecule has 1 fully saturated rings. The Morgan fingerprint density at radius 2 is 1.86 bits per heavy atom. The number of carbonyl (C=O) groups is 1. The first-order valence-corrected chi connectivity index (χ1v) is 16.6. The normalized spacial score (nSPS) is 15.4. The van der Waals surface area contributed by atoms with Gasteiger partial charge in [-0.1, -0.05) is 41.7 Å². The van der Waals surface area contributed by atoms with Crippen molar-refractivity contribution in [3.05, 3.63) is 60.0 Å². The Balaban J connectivity index is 1.23. The van der Waals surface area contributed by atoms with E-state index in [2.05, 4.69) is 91.5 Å². The molecule has 0 aliphatic carbocycles. The highest BCUT2D eigenvalue weighted by atomic mass is 32.2. The lowest BCUT2D eigenvalue weighted by molar-refractivity contribution is 0.184. The number of sulfonamides is 1. The molecule has 2 aromatic heterocycles. The summed E-state index contributed by atoms with van der Waals surface area (Å²) in [6.07, 6.45) is 0.904. The van der Waals surface area contributed by atoms with Crippen LogP contribution in [-0.2, 0) is 21.3 Å². The zero-order valence-corrected chi connectivity index (χ0v) is 27.2. The summed E-state index contributed by atoms with van der Waals surface area (Å²) >= 11 is 0.929. The Morgan fingerprint density at radius 3 is 2.59 bits per heavy atom. The highest BCUT2D eigenvalue weighted by Crippen LogP contribution is 2.32. The van der Waals surface area contributed by atoms with Crippen molar-refractivity contribution in [1.82, 2.24) is 29.1 Å². The number of ether oxygens (including phenoxy) is 1. The van der Waals surface area contributed by atoms with Crippen molar-refractivity contribution in [2.75, 3.05) is 64.6 Å². The van der Waals surface area contributed by atoms with Crippen molar-refractivity contribution >= 4 is 49.3 Å². The minimum Gasteiger partial charge on any atom is -0.453 e. The molecule has 1 aliphatic heterocycles. The molecule has 1 amide bonds. The number of rotatable bonds is 10. The van der Waals surface area contributed by atoms with Crippen LogP contribution in [0, 0.1) is 6.92 Å². The highest BCUT2D eigenvalue weighted by Gasteiger charge is 2.32. The molecule has 14 heteroatoms. The molecular formula is C30H38N8O4S2. The quantitative estimate of drug-likeness (QED) is 0.262. The van der Waals surface area contributed by atoms with Gasteiger partial charge in [-0.05, 0) is 51.2 Å². The average molecular weight is 639 g/mol. The Kier molecular flexibility index (Phi) is 9.75. The molecule has 0 spiro atoms. The fourth-order valence-electron chi connectivity index (χ4n) is 5.39. The summed E-state index contributed by atoms with van der Waals surface area (Å²) in [5.41, 5.74) is 4.65. The van der Waals surface area contributed by atoms with Crippen LogP contribution >= 0.6 is 11.3 Å². The number of nitrogens with one attached hydrogen (secondary N) is 2. The van der Waals surface area contributed by atoms with Gasteiger partial charge in [0.15, 0.2) is 9.34 Å². The van der Waals surface area contributed by atoms with E-state index in [1.807, 2.05) is 12.1 Å². The number of piperazine rings is 1. The molecule has 2 aromatic carbocycles. The van der Waals surface area contributed by atoms with E-state index in [-0.39, 0.29) is 15.4 Å². The molecule has 44 heavy (non-hydrogen) atoms. The zero-order chi connectivity index (χ0) is 31.4. The van der Waals surface area contributed by atoms with Gasteiger partial charge < -0.3 is 15.0 Å². The molecule has 1 aliphatic rings. The monoisotopic (exact) mass is 638 g/mol. The van der Waals surface area contributed by atoms with Gasteiger partial charge >= 0.3 is 6.09 Å². The van der Waals surface area contributed by atoms with Crippen LogP contribution in [0.5, 0.6) is 0 Å². The van der Waals surface area contributed by atoms with E-state index in [9.17, 15) is 13.2 Å². The largest absolute Gasteiger partial charge is 0.453 e. The predicted molar refractivity (Wildman–Crippen MR) is 174 cm³/mol. The summed E-state index contributed by atoms with van der Waals surface area (Å²) in [6.45, 7) is 7.21. The molecule has 234 valence electrons. The minimum atomic E-state index is -3.74. The second kappa shape index (κ2) is 13.5. The van der Waals surface area contributed by atoms with Crippen molar-refractivity contribution in [2.45, 2.75) is 30.6 Å². The number of benzene rings is 2. The van der Waals surface area contributed by atoms with Gasteiger partial charge in [0.25, 0.3) is 10.0 Å². The van der Waals surface area contributed by atoms with Crippen LogP contribution in [0.1, 0.15) is 18.2 Å². The molecule has 1 saturated heterocycles. The number of aromatic nitrogens is 3. The molecule has 3 heterocycles. The molecule has 0 radical (unpaired) electrons. The highest BCUT2D eigenvalue weighted by molar-refractivity contribution is 7.91. The first-order chi connectivity index (χ1) is 21.0. The van der Waals surface area contributed by atoms with E-state index in [1.54, 1.807) is 13.3 Å². The lowest BCUT2D eigenvalue weighted by Crippen LogP contribution is -2.50. The summed E-state index contributed by atoms with van der Waals surface area (Å²) in [4.78, 5) is 29.3. The van der Waals surface area contributed by atoms with Crippen LogP contribution in [0.15, 0.2) is 53.0 Å². The fraction of sp³-hybridized carbons (Fsp3) is 0.400. The molecule has 1 atom stereocenters. The van der Waals surface area contributed by atoms with Gasteiger partial charge in [0.1, 0.15) is 12.1 Å². The summed E-state index contributed by atoms with van der Waals surface area (Å²) in [7, 11) is 1.62. The number of methoxy groups -OCH3 is 1. The summed E-state index contributed by atoms with van der Waals surface area (Å²) in [5, 5.41) is 7.15. The molecule has 12 nitrogen and oxygen atoms in total. The van der Waals surface area contributed by atoms with Crippen LogP contribution in [0.2, 0.25) is 0 Å². The van der Waals surface area contributed by atoms with Gasteiger partial charge in [-0.25, -0.2) is 28.2 Å². The first-order valence-electron chi connectivity index (χ1n) is 14.3. The molecule has 0 bridgehead atoms. The van der Waals surface area contributed by atoms with E-state index in [4.69, 9.17) is 0 Å². The molecule has 4 aromatic rings. The van der Waals surface area contributed by atoms with Crippen LogP contribution in [0.4, 0.5) is 15.7 Å². The standard InChI is InChI=1S/C30H38N8O4S2/c1-20(17-37-12-14-38(15-13-37)44(40,41)28-21(2)34-29(43-28)35-30(39)42-5)33-27-25-11-7-10-24(26(25)31-19-32-27)23-9-6-8-22(16-23)18-36(3)4/h6-11,16,19-20H,12-15,17-18H2,1-5H3,(H,31,32,33)(H,34,35,39)/t20-/m0/s1. The number of amides is 1. The average Bonchev–Trinajstić information content (AvgIpc) is 3.37. The SMILES string of the molecule is COC(=O)Nc1nc(C)c(S(=O)(=O)N2CCN(C[C@H](C)Nc3ncnc4c(-c5cccc(CN(C)C)c5)cccc34)CC2)s1. The second-order valence-electron chi connectivity index (χ2n) is 11.1. The van der Waals surface area contributed by atoms with Crippen LogP contribution < -0.4 is 10.6 Å². The number of hydrogen-bond donors (Lipinski definition) is 2. The number of thiazole rings is 1. The maximum Gasteiger partial charge on any atom is 0.413 e. The van der Waals surface area contributed by atoms with Crippen LogP contribution in [-0.4, -0.2) is 104 Å². The molecule has 5 rings (SSSR count). The third kappa shape index (κ3) is 7.16. The maximum atomic E-state index is 13.4. The number of para-hydroxylation sites is 1. The smallest absolute Gasteiger partial charge is 0.413 e. The predicted octanol–water partition coefficient (Wildman–Crippen LogP) is 4.11. The van der Waals surface area contributed by atoms with Gasteiger partial charge in [-0.2, -0.15) is 4.31 Å². The minimum absolute atomic E-state index is 0.0547. The van der Waals surface area contributed by atoms with Crippen molar-refractivity contribution in [2.24, 2.45) is 0 Å². The van der Waals surface area contributed by atoms with Crippen molar-refractivity contribution < 1.29 is 17.9 Å². The van der Waals surface area contributed by atoms with E-state index < -0.39 is 16.1 Å². The number of aryl methyl sites for hydroxylation is 1. The number of carbonyl (C=O) groups excluding carboxylic acids is 1. The van der Waals surface area contributed by atoms with Crippen molar-refractivity contribution in [1.29, 1.82) is 0 Å². The van der Waals surface area contributed by atoms with Crippen molar-refractivity contribution in [3.8, 4) is 11.1 Å². The van der Waals surface area contributed by atoms with Crippen LogP contribution in [0.3, 0.4) is 0 Å². The number of anilines is 2. The zero-order valence-electron chi connectivity index (χ0n) is 25.6. The second-order valence-corrected chi connectivity index (χ2v) is 14.3. The lowest BCUT2D eigenvalue weighted by atomic mass is 10.00. The third-order valence-electron chi connectivity index (χ3n) is 7.37. The molecule has 2 N–H and O–H groups in total. The van der Waals surface area contributed by atoms with Gasteiger partial charge in [-0.3, -0.25) is 10.2 Å². The summed E-state index contributed by atoms with van der Waals surface area (Å²) < 4.78 is 32.9. The maximum absolute atomic E-state index is 13.4. The third-order valence-corrected chi connectivity index (χ3v) is 10.9. The Labute approximate surface area is 262 Å². The van der Waals surface area contributed by atoms with Gasteiger partial charge in [0, 0.05) is 56.3 Å². The van der Waals surface area contributed by atoms with E-state index >= 15 is 0 Å². The lowest BCUT2D eigenvalue weighted by Gasteiger charge is -2.35. The Morgan fingerprint density at radius 1 is 1.11 bits per heavy atom. The molecule has 0 unspecified atom stereocenters. The fourth-order valence-corrected chi connectivity index (χ4v) is 8.35. The van der Waals surface area contributed by atoms with Crippen molar-refractivity contribution in [3.63, 3.8) is 0 Å². The Bertz CT molecular complexity index is 1740. The Hall–Kier alpha value is -3.69. The summed E-state index contributed by atoms with van der Waals surface area (Å²) in [6, 6.07) is 14.8. The number of fused-ring (bicyclic) bond motifs is 1. The number of nitrogens with zero attached hydrogens (tertiary/aromatic N) is 6. The van der Waals surface area contributed by atoms with Gasteiger partial charge in [0.05, 0.1) is 18.3 Å². The van der Waals surface area contributed by atoms with E-state index in [0.29, 0.717) is 31.9 Å². The van der Waals surface area contributed by atoms with Gasteiger partial charge in [0.2, 0.25) is 0 Å². The molecular weight excluding hydrogens is 601 g/mol. The molecule has 0 saturated carbocycles. The summed E-state index contributed by atoms with van der Waals surface area (Å²) in [5.74, 6) is 0.770. The van der Waals surface area contributed by atoms with Gasteiger partial charge in [-0.15, -0.1) is 0 Å².